The fourth-order valence-corrected chi connectivity index (χ4v) is 2.03. The summed E-state index contributed by atoms with van der Waals surface area (Å²) >= 11 is 0. The molecule has 3 nitrogen and oxygen atoms in total. The van der Waals surface area contributed by atoms with Gasteiger partial charge in [-0.15, -0.1) is 0 Å². The molecular weight excluding hydrogens is 226 g/mol. The molecule has 0 aliphatic rings. The molecule has 1 aromatic carbocycles. The van der Waals surface area contributed by atoms with Gasteiger partial charge in [0.25, 0.3) is 0 Å². The number of carboxylic acid groups (broad SMARTS) is 1. The predicted octanol–water partition coefficient (Wildman–Crippen LogP) is 2.69. The summed E-state index contributed by atoms with van der Waals surface area (Å²) in [6, 6.07) is 10.1. The quantitative estimate of drug-likeness (QED) is 0.781. The second kappa shape index (κ2) is 7.17. The number of carboxylic acids is 1. The number of nitrogens with two attached hydrogens (primary N) is 1. The summed E-state index contributed by atoms with van der Waals surface area (Å²) in [5.41, 5.74) is 7.23. The molecule has 100 valence electrons. The Morgan fingerprint density at radius 1 is 1.28 bits per heavy atom. The van der Waals surface area contributed by atoms with Gasteiger partial charge in [0.2, 0.25) is 0 Å². The van der Waals surface area contributed by atoms with Gasteiger partial charge >= 0.3 is 5.97 Å². The first-order chi connectivity index (χ1) is 8.50. The molecule has 0 saturated carbocycles. The largest absolute Gasteiger partial charge is 0.481 e. The molecule has 3 N–H and O–H groups in total. The highest BCUT2D eigenvalue weighted by Gasteiger charge is 2.21. The van der Waals surface area contributed by atoms with E-state index in [9.17, 15) is 4.79 Å². The first-order valence-corrected chi connectivity index (χ1v) is 6.53. The summed E-state index contributed by atoms with van der Waals surface area (Å²) in [5.74, 6) is -0.830. The van der Waals surface area contributed by atoms with Crippen molar-refractivity contribution in [2.45, 2.75) is 39.2 Å². The molecule has 0 spiro atoms. The van der Waals surface area contributed by atoms with Crippen molar-refractivity contribution in [3.05, 3.63) is 35.9 Å². The van der Waals surface area contributed by atoms with E-state index in [2.05, 4.69) is 19.1 Å². The summed E-state index contributed by atoms with van der Waals surface area (Å²) in [4.78, 5) is 10.8. The van der Waals surface area contributed by atoms with Crippen molar-refractivity contribution in [1.82, 2.24) is 0 Å². The van der Waals surface area contributed by atoms with E-state index in [0.717, 1.165) is 19.3 Å². The lowest BCUT2D eigenvalue weighted by atomic mass is 9.90. The molecule has 3 unspecified atom stereocenters. The Kier molecular flexibility index (Phi) is 5.86. The smallest absolute Gasteiger partial charge is 0.307 e. The molecule has 0 bridgehead atoms. The summed E-state index contributed by atoms with van der Waals surface area (Å²) in [6.07, 6.45) is 2.83. The average Bonchev–Trinajstić information content (AvgIpc) is 2.36. The topological polar surface area (TPSA) is 63.3 Å². The third kappa shape index (κ3) is 4.88. The lowest BCUT2D eigenvalue weighted by Crippen LogP contribution is -2.35. The lowest BCUT2D eigenvalue weighted by molar-refractivity contribution is -0.141. The van der Waals surface area contributed by atoms with Crippen LogP contribution in [-0.4, -0.2) is 17.1 Å². The van der Waals surface area contributed by atoms with Crippen LogP contribution < -0.4 is 5.73 Å². The summed E-state index contributed by atoms with van der Waals surface area (Å²) in [5, 5.41) is 8.89. The van der Waals surface area contributed by atoms with Crippen LogP contribution in [0.4, 0.5) is 0 Å². The third-order valence-electron chi connectivity index (χ3n) is 3.47. The van der Waals surface area contributed by atoms with Gasteiger partial charge in [-0.1, -0.05) is 44.2 Å². The van der Waals surface area contributed by atoms with Gasteiger partial charge in [-0.3, -0.25) is 4.79 Å². The van der Waals surface area contributed by atoms with Crippen LogP contribution in [0.15, 0.2) is 30.3 Å². The van der Waals surface area contributed by atoms with E-state index < -0.39 is 11.9 Å². The highest BCUT2D eigenvalue weighted by atomic mass is 16.4. The van der Waals surface area contributed by atoms with Crippen LogP contribution in [0, 0.1) is 11.8 Å². The normalized spacial score (nSPS) is 15.9. The molecule has 1 aromatic rings. The van der Waals surface area contributed by atoms with Crippen LogP contribution in [-0.2, 0) is 11.2 Å². The number of hydrogen-bond acceptors (Lipinski definition) is 2. The minimum Gasteiger partial charge on any atom is -0.481 e. The van der Waals surface area contributed by atoms with Gasteiger partial charge in [-0.05, 0) is 30.7 Å². The van der Waals surface area contributed by atoms with E-state index in [-0.39, 0.29) is 6.04 Å². The molecule has 3 atom stereocenters. The van der Waals surface area contributed by atoms with Gasteiger partial charge < -0.3 is 10.8 Å². The number of benzene rings is 1. The van der Waals surface area contributed by atoms with Crippen LogP contribution in [0.5, 0.6) is 0 Å². The molecule has 3 heteroatoms. The first-order valence-electron chi connectivity index (χ1n) is 6.53. The van der Waals surface area contributed by atoms with E-state index in [1.165, 1.54) is 5.56 Å². The van der Waals surface area contributed by atoms with Crippen molar-refractivity contribution in [1.29, 1.82) is 0 Å². The third-order valence-corrected chi connectivity index (χ3v) is 3.47. The molecule has 0 radical (unpaired) electrons. The Morgan fingerprint density at radius 3 is 2.44 bits per heavy atom. The maximum absolute atomic E-state index is 10.8. The second-order valence-corrected chi connectivity index (χ2v) is 5.16. The number of aliphatic carboxylic acids is 1. The Bertz CT molecular complexity index is 364. The summed E-state index contributed by atoms with van der Waals surface area (Å²) < 4.78 is 0. The number of carbonyl (C=O) groups is 1. The highest BCUT2D eigenvalue weighted by molar-refractivity contribution is 5.70. The molecule has 1 rings (SSSR count). The van der Waals surface area contributed by atoms with Crippen LogP contribution >= 0.6 is 0 Å². The Labute approximate surface area is 109 Å². The zero-order valence-corrected chi connectivity index (χ0v) is 11.2. The van der Waals surface area contributed by atoms with E-state index in [1.54, 1.807) is 6.92 Å². The second-order valence-electron chi connectivity index (χ2n) is 5.16. The Hall–Kier alpha value is -1.35. The fourth-order valence-electron chi connectivity index (χ4n) is 2.03. The molecule has 0 aliphatic carbocycles. The molecule has 18 heavy (non-hydrogen) atoms. The zero-order chi connectivity index (χ0) is 13.5. The van der Waals surface area contributed by atoms with Crippen molar-refractivity contribution in [2.24, 2.45) is 17.6 Å². The molecule has 0 heterocycles. The van der Waals surface area contributed by atoms with Crippen LogP contribution in [0.2, 0.25) is 0 Å². The van der Waals surface area contributed by atoms with Gasteiger partial charge in [0.05, 0.1) is 5.92 Å². The SMILES string of the molecule is CC(CCc1ccccc1)CC(N)C(C)C(=O)O. The van der Waals surface area contributed by atoms with Crippen molar-refractivity contribution < 1.29 is 9.90 Å². The monoisotopic (exact) mass is 249 g/mol. The fraction of sp³-hybridized carbons (Fsp3) is 0.533. The minimum absolute atomic E-state index is 0.256. The number of rotatable bonds is 7. The maximum atomic E-state index is 10.8. The van der Waals surface area contributed by atoms with Crippen molar-refractivity contribution >= 4 is 5.97 Å². The molecule has 0 fully saturated rings. The highest BCUT2D eigenvalue weighted by Crippen LogP contribution is 2.17. The molecule has 0 aliphatic heterocycles. The Morgan fingerprint density at radius 2 is 1.89 bits per heavy atom. The minimum atomic E-state index is -0.808. The van der Waals surface area contributed by atoms with Gasteiger partial charge in [0, 0.05) is 6.04 Å². The first kappa shape index (κ1) is 14.7. The van der Waals surface area contributed by atoms with Crippen LogP contribution in [0.25, 0.3) is 0 Å². The number of aryl methyl sites for hydroxylation is 1. The van der Waals surface area contributed by atoms with E-state index in [0.29, 0.717) is 5.92 Å². The zero-order valence-electron chi connectivity index (χ0n) is 11.2. The molecule has 0 saturated heterocycles. The van der Waals surface area contributed by atoms with Gasteiger partial charge in [-0.25, -0.2) is 0 Å². The summed E-state index contributed by atoms with van der Waals surface area (Å²) in [6.45, 7) is 3.81. The molecule has 0 amide bonds. The predicted molar refractivity (Wildman–Crippen MR) is 73.3 cm³/mol. The van der Waals surface area contributed by atoms with E-state index in [1.807, 2.05) is 18.2 Å². The van der Waals surface area contributed by atoms with Crippen molar-refractivity contribution in [3.63, 3.8) is 0 Å². The van der Waals surface area contributed by atoms with Gasteiger partial charge in [0.1, 0.15) is 0 Å². The average molecular weight is 249 g/mol. The van der Waals surface area contributed by atoms with Gasteiger partial charge in [0.15, 0.2) is 0 Å². The summed E-state index contributed by atoms with van der Waals surface area (Å²) in [7, 11) is 0. The van der Waals surface area contributed by atoms with Crippen LogP contribution in [0.3, 0.4) is 0 Å². The maximum Gasteiger partial charge on any atom is 0.307 e. The number of hydrogen-bond donors (Lipinski definition) is 2. The Balaban J connectivity index is 2.33. The molecular formula is C15H23NO2. The van der Waals surface area contributed by atoms with E-state index in [4.69, 9.17) is 10.8 Å². The van der Waals surface area contributed by atoms with Crippen molar-refractivity contribution in [3.8, 4) is 0 Å². The van der Waals surface area contributed by atoms with Crippen molar-refractivity contribution in [2.75, 3.05) is 0 Å². The molecule has 0 aromatic heterocycles. The van der Waals surface area contributed by atoms with Gasteiger partial charge in [-0.2, -0.15) is 0 Å². The lowest BCUT2D eigenvalue weighted by Gasteiger charge is -2.20. The van der Waals surface area contributed by atoms with E-state index >= 15 is 0 Å². The van der Waals surface area contributed by atoms with Crippen LogP contribution in [0.1, 0.15) is 32.3 Å². The standard InChI is InChI=1S/C15H23NO2/c1-11(10-14(16)12(2)15(17)18)8-9-13-6-4-3-5-7-13/h3-7,11-12,14H,8-10,16H2,1-2H3,(H,17,18).